The predicted octanol–water partition coefficient (Wildman–Crippen LogP) is 2.57. The lowest BCUT2D eigenvalue weighted by molar-refractivity contribution is 0.0925. The van der Waals surface area contributed by atoms with E-state index in [1.165, 1.54) is 12.3 Å². The largest absolute Gasteiger partial charge is 0.344 e. The van der Waals surface area contributed by atoms with Crippen molar-refractivity contribution in [2.45, 2.75) is 18.9 Å². The van der Waals surface area contributed by atoms with Crippen molar-refractivity contribution in [3.63, 3.8) is 0 Å². The third kappa shape index (κ3) is 2.54. The van der Waals surface area contributed by atoms with Crippen LogP contribution in [0.1, 0.15) is 34.9 Å². The first-order valence-electron chi connectivity index (χ1n) is 6.40. The van der Waals surface area contributed by atoms with Crippen LogP contribution in [-0.2, 0) is 0 Å². The number of rotatable bonds is 4. The van der Waals surface area contributed by atoms with E-state index in [4.69, 9.17) is 0 Å². The highest BCUT2D eigenvalue weighted by Gasteiger charge is 2.35. The van der Waals surface area contributed by atoms with Gasteiger partial charge in [0.25, 0.3) is 5.91 Å². The Morgan fingerprint density at radius 3 is 2.80 bits per heavy atom. The lowest BCUT2D eigenvalue weighted by atomic mass is 10.0. The molecule has 4 nitrogen and oxygen atoms in total. The van der Waals surface area contributed by atoms with Gasteiger partial charge in [-0.3, -0.25) is 9.89 Å². The molecule has 20 heavy (non-hydrogen) atoms. The molecule has 1 aliphatic rings. The Kier molecular flexibility index (Phi) is 3.22. The van der Waals surface area contributed by atoms with Crippen molar-refractivity contribution in [3.05, 3.63) is 53.4 Å². The van der Waals surface area contributed by atoms with Crippen molar-refractivity contribution in [1.29, 1.82) is 0 Å². The van der Waals surface area contributed by atoms with Gasteiger partial charge in [0.05, 0.1) is 6.04 Å². The van der Waals surface area contributed by atoms with Crippen molar-refractivity contribution < 1.29 is 13.6 Å². The molecule has 104 valence electrons. The molecule has 1 aromatic heterocycles. The SMILES string of the molecule is O=C(NC(c1cc(F)ccc1F)C1CC1)c1ccn[nH]1. The van der Waals surface area contributed by atoms with Gasteiger partial charge in [0, 0.05) is 11.8 Å². The van der Waals surface area contributed by atoms with Crippen LogP contribution < -0.4 is 5.32 Å². The number of hydrogen-bond acceptors (Lipinski definition) is 2. The van der Waals surface area contributed by atoms with E-state index >= 15 is 0 Å². The minimum Gasteiger partial charge on any atom is -0.344 e. The molecule has 6 heteroatoms. The minimum atomic E-state index is -0.513. The predicted molar refractivity (Wildman–Crippen MR) is 67.9 cm³/mol. The molecular weight excluding hydrogens is 264 g/mol. The zero-order valence-corrected chi connectivity index (χ0v) is 10.6. The van der Waals surface area contributed by atoms with Gasteiger partial charge in [0.15, 0.2) is 0 Å². The molecule has 1 aliphatic carbocycles. The van der Waals surface area contributed by atoms with E-state index in [1.807, 2.05) is 0 Å². The van der Waals surface area contributed by atoms with E-state index < -0.39 is 17.7 Å². The minimum absolute atomic E-state index is 0.151. The topological polar surface area (TPSA) is 57.8 Å². The summed E-state index contributed by atoms with van der Waals surface area (Å²) in [6.07, 6.45) is 3.25. The van der Waals surface area contributed by atoms with Gasteiger partial charge in [-0.15, -0.1) is 0 Å². The number of carbonyl (C=O) groups excluding carboxylic acids is 1. The van der Waals surface area contributed by atoms with Gasteiger partial charge in [0.1, 0.15) is 17.3 Å². The lowest BCUT2D eigenvalue weighted by Gasteiger charge is -2.19. The fraction of sp³-hybridized carbons (Fsp3) is 0.286. The third-order valence-electron chi connectivity index (χ3n) is 3.42. The normalized spacial score (nSPS) is 15.9. The second kappa shape index (κ2) is 5.03. The summed E-state index contributed by atoms with van der Waals surface area (Å²) in [7, 11) is 0. The third-order valence-corrected chi connectivity index (χ3v) is 3.42. The number of carbonyl (C=O) groups is 1. The smallest absolute Gasteiger partial charge is 0.269 e. The van der Waals surface area contributed by atoms with Crippen molar-refractivity contribution in [1.82, 2.24) is 15.5 Å². The molecule has 0 radical (unpaired) electrons. The van der Waals surface area contributed by atoms with Gasteiger partial charge >= 0.3 is 0 Å². The molecule has 1 unspecified atom stereocenters. The van der Waals surface area contributed by atoms with Crippen LogP contribution in [0.25, 0.3) is 0 Å². The molecule has 0 aliphatic heterocycles. The summed E-state index contributed by atoms with van der Waals surface area (Å²) >= 11 is 0. The van der Waals surface area contributed by atoms with Crippen LogP contribution in [0.3, 0.4) is 0 Å². The molecule has 3 rings (SSSR count). The fourth-order valence-electron chi connectivity index (χ4n) is 2.23. The monoisotopic (exact) mass is 277 g/mol. The average molecular weight is 277 g/mol. The standard InChI is InChI=1S/C14H13F2N3O/c15-9-3-4-11(16)10(7-9)13(8-1-2-8)18-14(20)12-5-6-17-19-12/h3-8,13H,1-2H2,(H,17,19)(H,18,20). The number of halogens is 2. The highest BCUT2D eigenvalue weighted by atomic mass is 19.1. The van der Waals surface area contributed by atoms with E-state index in [0.29, 0.717) is 5.69 Å². The highest BCUT2D eigenvalue weighted by Crippen LogP contribution is 2.42. The van der Waals surface area contributed by atoms with Crippen LogP contribution in [0.15, 0.2) is 30.5 Å². The van der Waals surface area contributed by atoms with E-state index in [-0.39, 0.29) is 17.4 Å². The van der Waals surface area contributed by atoms with Crippen LogP contribution in [0, 0.1) is 17.6 Å². The quantitative estimate of drug-likeness (QED) is 0.902. The van der Waals surface area contributed by atoms with Crippen LogP contribution in [0.2, 0.25) is 0 Å². The first kappa shape index (κ1) is 12.8. The van der Waals surface area contributed by atoms with E-state index in [1.54, 1.807) is 0 Å². The second-order valence-corrected chi connectivity index (χ2v) is 4.92. The molecular formula is C14H13F2N3O. The van der Waals surface area contributed by atoms with Gasteiger partial charge in [0.2, 0.25) is 0 Å². The average Bonchev–Trinajstić information content (AvgIpc) is 3.12. The number of nitrogens with zero attached hydrogens (tertiary/aromatic N) is 1. The Hall–Kier alpha value is -2.24. The zero-order chi connectivity index (χ0) is 14.1. The van der Waals surface area contributed by atoms with Gasteiger partial charge < -0.3 is 5.32 Å². The molecule has 0 saturated heterocycles. The van der Waals surface area contributed by atoms with Crippen molar-refractivity contribution >= 4 is 5.91 Å². The zero-order valence-electron chi connectivity index (χ0n) is 10.6. The van der Waals surface area contributed by atoms with E-state index in [2.05, 4.69) is 15.5 Å². The number of amides is 1. The lowest BCUT2D eigenvalue weighted by Crippen LogP contribution is -2.30. The molecule has 1 atom stereocenters. The molecule has 2 aromatic rings. The van der Waals surface area contributed by atoms with E-state index in [0.717, 1.165) is 31.0 Å². The second-order valence-electron chi connectivity index (χ2n) is 4.92. The highest BCUT2D eigenvalue weighted by molar-refractivity contribution is 5.92. The maximum Gasteiger partial charge on any atom is 0.269 e. The summed E-state index contributed by atoms with van der Waals surface area (Å²) in [4.78, 5) is 12.0. The number of hydrogen-bond donors (Lipinski definition) is 2. The summed E-state index contributed by atoms with van der Waals surface area (Å²) in [5.74, 6) is -1.24. The number of benzene rings is 1. The Bertz CT molecular complexity index is 623. The summed E-state index contributed by atoms with van der Waals surface area (Å²) in [6.45, 7) is 0. The summed E-state index contributed by atoms with van der Waals surface area (Å²) in [5, 5.41) is 8.99. The molecule has 0 spiro atoms. The number of aromatic nitrogens is 2. The van der Waals surface area contributed by atoms with Crippen LogP contribution in [0.5, 0.6) is 0 Å². The molecule has 2 N–H and O–H groups in total. The number of H-pyrrole nitrogens is 1. The first-order chi connectivity index (χ1) is 9.65. The maximum absolute atomic E-state index is 13.9. The van der Waals surface area contributed by atoms with Crippen molar-refractivity contribution in [2.24, 2.45) is 5.92 Å². The van der Waals surface area contributed by atoms with Gasteiger partial charge in [-0.1, -0.05) is 0 Å². The summed E-state index contributed by atoms with van der Waals surface area (Å²) < 4.78 is 27.2. The molecule has 1 saturated carbocycles. The molecule has 1 heterocycles. The van der Waals surface area contributed by atoms with Gasteiger partial charge in [-0.05, 0) is 43.0 Å². The molecule has 1 fully saturated rings. The fourth-order valence-corrected chi connectivity index (χ4v) is 2.23. The van der Waals surface area contributed by atoms with Crippen molar-refractivity contribution in [2.75, 3.05) is 0 Å². The first-order valence-corrected chi connectivity index (χ1v) is 6.40. The molecule has 0 bridgehead atoms. The summed E-state index contributed by atoms with van der Waals surface area (Å²) in [5.41, 5.74) is 0.493. The van der Waals surface area contributed by atoms with E-state index in [9.17, 15) is 13.6 Å². The maximum atomic E-state index is 13.9. The van der Waals surface area contributed by atoms with Crippen LogP contribution in [0.4, 0.5) is 8.78 Å². The number of aromatic amines is 1. The van der Waals surface area contributed by atoms with Gasteiger partial charge in [-0.2, -0.15) is 5.10 Å². The number of nitrogens with one attached hydrogen (secondary N) is 2. The Morgan fingerprint density at radius 2 is 2.15 bits per heavy atom. The molecule has 1 amide bonds. The Balaban J connectivity index is 1.86. The van der Waals surface area contributed by atoms with Crippen LogP contribution in [-0.4, -0.2) is 16.1 Å². The van der Waals surface area contributed by atoms with Crippen molar-refractivity contribution in [3.8, 4) is 0 Å². The molecule has 1 aromatic carbocycles. The van der Waals surface area contributed by atoms with Gasteiger partial charge in [-0.25, -0.2) is 8.78 Å². The Labute approximate surface area is 114 Å². The Morgan fingerprint density at radius 1 is 1.35 bits per heavy atom. The van der Waals surface area contributed by atoms with Crippen LogP contribution >= 0.6 is 0 Å². The summed E-state index contributed by atoms with van der Waals surface area (Å²) in [6, 6.07) is 4.32.